The topological polar surface area (TPSA) is 137 Å². The molecule has 2 aromatic carbocycles. The van der Waals surface area contributed by atoms with E-state index in [1.165, 1.54) is 24.3 Å². The molecule has 0 radical (unpaired) electrons. The number of hydrogen-bond donors (Lipinski definition) is 2. The maximum absolute atomic E-state index is 12.3. The Bertz CT molecular complexity index is 1340. The van der Waals surface area contributed by atoms with Crippen molar-refractivity contribution in [3.05, 3.63) is 93.5 Å². The summed E-state index contributed by atoms with van der Waals surface area (Å²) in [6.45, 7) is 0. The van der Waals surface area contributed by atoms with Gasteiger partial charge in [0.05, 0.1) is 11.0 Å². The Labute approximate surface area is 179 Å². The Morgan fingerprint density at radius 1 is 0.625 bits per heavy atom. The van der Waals surface area contributed by atoms with Crippen LogP contribution in [-0.2, 0) is 9.59 Å². The second-order valence-electron chi connectivity index (χ2n) is 6.76. The molecule has 2 aromatic heterocycles. The normalized spacial score (nSPS) is 12.9. The van der Waals surface area contributed by atoms with E-state index in [0.29, 0.717) is 20.2 Å². The van der Waals surface area contributed by atoms with Crippen molar-refractivity contribution >= 4 is 33.7 Å². The highest BCUT2D eigenvalue weighted by atomic mass is 16.7. The number of rotatable bonds is 5. The van der Waals surface area contributed by atoms with Gasteiger partial charge in [-0.15, -0.1) is 9.46 Å². The van der Waals surface area contributed by atoms with Crippen LogP contribution in [0.2, 0.25) is 0 Å². The molecule has 0 spiro atoms. The number of fused-ring (bicyclic) bond motifs is 2. The molecule has 0 bridgehead atoms. The summed E-state index contributed by atoms with van der Waals surface area (Å²) < 4.78 is 1.27. The van der Waals surface area contributed by atoms with Gasteiger partial charge in [0, 0.05) is 22.9 Å². The van der Waals surface area contributed by atoms with Crippen LogP contribution in [0.15, 0.2) is 82.4 Å². The van der Waals surface area contributed by atoms with E-state index in [1.807, 2.05) is 0 Å². The van der Waals surface area contributed by atoms with Gasteiger partial charge in [-0.05, 0) is 24.3 Å². The fraction of sp³-hybridized carbons (Fsp3) is 0.0909. The number of aliphatic hydroxyl groups excluding tert-OH is 2. The molecule has 4 rings (SSSR count). The number of carbonyl (C=O) groups is 2. The van der Waals surface area contributed by atoms with Crippen LogP contribution in [0.25, 0.3) is 21.8 Å². The first-order chi connectivity index (χ1) is 15.4. The van der Waals surface area contributed by atoms with Crippen molar-refractivity contribution in [3.8, 4) is 0 Å². The van der Waals surface area contributed by atoms with Crippen LogP contribution in [0.3, 0.4) is 0 Å². The molecular formula is C22H16N2O8. The molecular weight excluding hydrogens is 420 g/mol. The lowest BCUT2D eigenvalue weighted by molar-refractivity contribution is -0.173. The van der Waals surface area contributed by atoms with Gasteiger partial charge in [-0.25, -0.2) is 9.59 Å². The Balaban J connectivity index is 1.55. The van der Waals surface area contributed by atoms with E-state index in [9.17, 15) is 29.4 Å². The average Bonchev–Trinajstić information content (AvgIpc) is 2.81. The lowest BCUT2D eigenvalue weighted by atomic mass is 10.2. The Morgan fingerprint density at radius 2 is 1.00 bits per heavy atom. The molecule has 2 atom stereocenters. The number of benzene rings is 2. The van der Waals surface area contributed by atoms with Crippen molar-refractivity contribution < 1.29 is 29.5 Å². The van der Waals surface area contributed by atoms with E-state index in [0.717, 1.165) is 12.1 Å². The van der Waals surface area contributed by atoms with Crippen LogP contribution in [-0.4, -0.2) is 43.8 Å². The molecule has 0 aliphatic rings. The Hall–Kier alpha value is -4.28. The van der Waals surface area contributed by atoms with Crippen molar-refractivity contribution in [1.29, 1.82) is 0 Å². The molecule has 162 valence electrons. The summed E-state index contributed by atoms with van der Waals surface area (Å²) >= 11 is 0. The highest BCUT2D eigenvalue weighted by Gasteiger charge is 2.35. The lowest BCUT2D eigenvalue weighted by Gasteiger charge is -2.17. The van der Waals surface area contributed by atoms with E-state index < -0.39 is 35.3 Å². The summed E-state index contributed by atoms with van der Waals surface area (Å²) in [7, 11) is 0. The summed E-state index contributed by atoms with van der Waals surface area (Å²) in [6, 6.07) is 18.3. The first kappa shape index (κ1) is 21.0. The zero-order valence-electron chi connectivity index (χ0n) is 16.3. The molecule has 4 aromatic rings. The smallest absolute Gasteiger partial charge is 0.364 e. The zero-order chi connectivity index (χ0) is 22.8. The minimum Gasteiger partial charge on any atom is -0.379 e. The molecule has 0 amide bonds. The predicted octanol–water partition coefficient (Wildman–Crippen LogP) is -0.351. The summed E-state index contributed by atoms with van der Waals surface area (Å²) in [5.41, 5.74) is -0.938. The van der Waals surface area contributed by atoms with Gasteiger partial charge in [-0.3, -0.25) is 9.59 Å². The van der Waals surface area contributed by atoms with E-state index in [-0.39, 0.29) is 11.0 Å². The van der Waals surface area contributed by atoms with Crippen molar-refractivity contribution in [2.75, 3.05) is 0 Å². The number of nitrogens with zero attached hydrogens (tertiary/aromatic N) is 2. The number of aromatic nitrogens is 2. The van der Waals surface area contributed by atoms with Gasteiger partial charge >= 0.3 is 11.9 Å². The Morgan fingerprint density at radius 3 is 1.41 bits per heavy atom. The third-order valence-corrected chi connectivity index (χ3v) is 4.67. The molecule has 0 saturated carbocycles. The maximum atomic E-state index is 12.3. The number of aliphatic hydroxyl groups is 2. The standard InChI is InChI=1S/C22H16N2O8/c25-17-11-9-13-5-1-3-7-15(13)23(17)31-21(29)19(27)20(28)22(30)32-24-16-8-4-2-6-14(16)10-12-18(24)26/h1-12,19-20,27-28H. The van der Waals surface area contributed by atoms with Gasteiger partial charge < -0.3 is 19.9 Å². The van der Waals surface area contributed by atoms with Crippen molar-refractivity contribution in [1.82, 2.24) is 9.46 Å². The van der Waals surface area contributed by atoms with Gasteiger partial charge in [0.25, 0.3) is 11.1 Å². The fourth-order valence-electron chi connectivity index (χ4n) is 3.06. The van der Waals surface area contributed by atoms with Crippen LogP contribution >= 0.6 is 0 Å². The van der Waals surface area contributed by atoms with E-state index in [1.54, 1.807) is 36.4 Å². The minimum absolute atomic E-state index is 0.236. The van der Waals surface area contributed by atoms with E-state index >= 15 is 0 Å². The molecule has 0 saturated heterocycles. The molecule has 2 N–H and O–H groups in total. The third kappa shape index (κ3) is 3.87. The molecule has 0 aliphatic carbocycles. The number of carbonyl (C=O) groups excluding carboxylic acids is 2. The molecule has 0 fully saturated rings. The lowest BCUT2D eigenvalue weighted by Crippen LogP contribution is -2.48. The zero-order valence-corrected chi connectivity index (χ0v) is 16.3. The predicted molar refractivity (Wildman–Crippen MR) is 112 cm³/mol. The van der Waals surface area contributed by atoms with Crippen molar-refractivity contribution in [2.45, 2.75) is 12.2 Å². The third-order valence-electron chi connectivity index (χ3n) is 4.67. The van der Waals surface area contributed by atoms with Crippen molar-refractivity contribution in [2.24, 2.45) is 0 Å². The number of para-hydroxylation sites is 2. The van der Waals surface area contributed by atoms with Gasteiger partial charge in [-0.1, -0.05) is 36.4 Å². The SMILES string of the molecule is O=C(On1c(=O)ccc2ccccc21)C(O)C(O)C(=O)On1c(=O)ccc2ccccc21. The van der Waals surface area contributed by atoms with Crippen LogP contribution in [0, 0.1) is 0 Å². The van der Waals surface area contributed by atoms with Gasteiger partial charge in [0.2, 0.25) is 0 Å². The average molecular weight is 436 g/mol. The summed E-state index contributed by atoms with van der Waals surface area (Å²) in [6.07, 6.45) is -4.78. The van der Waals surface area contributed by atoms with Crippen molar-refractivity contribution in [3.63, 3.8) is 0 Å². The number of hydrogen-bond acceptors (Lipinski definition) is 8. The summed E-state index contributed by atoms with van der Waals surface area (Å²) in [5, 5.41) is 21.4. The first-order valence-electron chi connectivity index (χ1n) is 9.39. The largest absolute Gasteiger partial charge is 0.379 e. The highest BCUT2D eigenvalue weighted by Crippen LogP contribution is 2.11. The highest BCUT2D eigenvalue weighted by molar-refractivity contribution is 5.87. The molecule has 10 heteroatoms. The fourth-order valence-corrected chi connectivity index (χ4v) is 3.06. The van der Waals surface area contributed by atoms with E-state index in [4.69, 9.17) is 9.68 Å². The van der Waals surface area contributed by atoms with E-state index in [2.05, 4.69) is 0 Å². The molecule has 32 heavy (non-hydrogen) atoms. The maximum Gasteiger partial charge on any atom is 0.364 e. The first-order valence-corrected chi connectivity index (χ1v) is 9.39. The monoisotopic (exact) mass is 436 g/mol. The minimum atomic E-state index is -2.39. The van der Waals surface area contributed by atoms with Gasteiger partial charge in [-0.2, -0.15) is 0 Å². The summed E-state index contributed by atoms with van der Waals surface area (Å²) in [5.74, 6) is -2.95. The molecule has 10 nitrogen and oxygen atoms in total. The van der Waals surface area contributed by atoms with Crippen LogP contribution in [0.5, 0.6) is 0 Å². The number of pyridine rings is 2. The van der Waals surface area contributed by atoms with Crippen LogP contribution < -0.4 is 20.8 Å². The van der Waals surface area contributed by atoms with Gasteiger partial charge in [0.15, 0.2) is 12.2 Å². The second-order valence-corrected chi connectivity index (χ2v) is 6.76. The second kappa shape index (κ2) is 8.46. The van der Waals surface area contributed by atoms with Crippen LogP contribution in [0.4, 0.5) is 0 Å². The molecule has 2 unspecified atom stereocenters. The summed E-state index contributed by atoms with van der Waals surface area (Å²) in [4.78, 5) is 58.7. The molecule has 2 heterocycles. The molecule has 0 aliphatic heterocycles. The van der Waals surface area contributed by atoms with Crippen LogP contribution in [0.1, 0.15) is 0 Å². The van der Waals surface area contributed by atoms with Gasteiger partial charge in [0.1, 0.15) is 0 Å². The quantitative estimate of drug-likeness (QED) is 0.433. The Kier molecular flexibility index (Phi) is 5.54.